The summed E-state index contributed by atoms with van der Waals surface area (Å²) in [6.07, 6.45) is 10.2. The normalized spacial score (nSPS) is 28.8. The van der Waals surface area contributed by atoms with E-state index in [1.807, 2.05) is 12.4 Å². The van der Waals surface area contributed by atoms with Gasteiger partial charge < -0.3 is 14.8 Å². The van der Waals surface area contributed by atoms with E-state index in [0.29, 0.717) is 6.04 Å². The van der Waals surface area contributed by atoms with Crippen LogP contribution >= 0.6 is 0 Å². The van der Waals surface area contributed by atoms with Crippen LogP contribution in [0.3, 0.4) is 0 Å². The molecule has 3 atom stereocenters. The molecule has 1 aliphatic rings. The van der Waals surface area contributed by atoms with Gasteiger partial charge >= 0.3 is 0 Å². The lowest BCUT2D eigenvalue weighted by atomic mass is 9.70. The van der Waals surface area contributed by atoms with E-state index in [0.717, 1.165) is 12.3 Å². The Morgan fingerprint density at radius 2 is 2.30 bits per heavy atom. The van der Waals surface area contributed by atoms with Gasteiger partial charge in [-0.05, 0) is 39.9 Å². The minimum absolute atomic E-state index is 0.248. The summed E-state index contributed by atoms with van der Waals surface area (Å²) < 4.78 is 2.14. The van der Waals surface area contributed by atoms with E-state index in [9.17, 15) is 0 Å². The molecule has 1 aromatic heterocycles. The molecule has 2 rings (SSSR count). The van der Waals surface area contributed by atoms with Gasteiger partial charge in [-0.15, -0.1) is 0 Å². The van der Waals surface area contributed by atoms with Gasteiger partial charge in [0.25, 0.3) is 0 Å². The molecular weight excluding hydrogens is 248 g/mol. The van der Waals surface area contributed by atoms with E-state index in [-0.39, 0.29) is 5.54 Å². The predicted molar refractivity (Wildman–Crippen MR) is 83.8 cm³/mol. The van der Waals surface area contributed by atoms with E-state index < -0.39 is 0 Å². The Balaban J connectivity index is 2.23. The van der Waals surface area contributed by atoms with Crippen LogP contribution in [0.4, 0.5) is 0 Å². The lowest BCUT2D eigenvalue weighted by Crippen LogP contribution is -2.61. The van der Waals surface area contributed by atoms with Crippen LogP contribution in [0.5, 0.6) is 0 Å². The van der Waals surface area contributed by atoms with Gasteiger partial charge in [-0.2, -0.15) is 0 Å². The SMILES string of the molecule is CNC(Cc1nccn1C)C1(N(C)C)CCCC(C)C1. The van der Waals surface area contributed by atoms with Crippen LogP contribution < -0.4 is 5.32 Å². The van der Waals surface area contributed by atoms with Crippen molar-refractivity contribution in [3.8, 4) is 0 Å². The van der Waals surface area contributed by atoms with Crippen molar-refractivity contribution in [1.29, 1.82) is 0 Å². The van der Waals surface area contributed by atoms with Gasteiger partial charge in [0.05, 0.1) is 0 Å². The van der Waals surface area contributed by atoms with Crippen molar-refractivity contribution in [3.05, 3.63) is 18.2 Å². The first-order valence-corrected chi connectivity index (χ1v) is 7.80. The van der Waals surface area contributed by atoms with Crippen molar-refractivity contribution < 1.29 is 0 Å². The minimum Gasteiger partial charge on any atom is -0.338 e. The Morgan fingerprint density at radius 1 is 1.55 bits per heavy atom. The zero-order valence-electron chi connectivity index (χ0n) is 13.7. The number of rotatable bonds is 5. The number of imidazole rings is 1. The summed E-state index contributed by atoms with van der Waals surface area (Å²) in [5.41, 5.74) is 0.248. The van der Waals surface area contributed by atoms with Crippen molar-refractivity contribution >= 4 is 0 Å². The molecule has 4 nitrogen and oxygen atoms in total. The Kier molecular flexibility index (Phi) is 4.86. The Hall–Kier alpha value is -0.870. The summed E-state index contributed by atoms with van der Waals surface area (Å²) >= 11 is 0. The number of hydrogen-bond donors (Lipinski definition) is 1. The van der Waals surface area contributed by atoms with Crippen LogP contribution in [0.1, 0.15) is 38.4 Å². The van der Waals surface area contributed by atoms with Crippen LogP contribution in [0.15, 0.2) is 12.4 Å². The van der Waals surface area contributed by atoms with Crippen molar-refractivity contribution in [2.45, 2.75) is 50.6 Å². The summed E-state index contributed by atoms with van der Waals surface area (Å²) in [4.78, 5) is 6.96. The number of aromatic nitrogens is 2. The molecule has 0 saturated heterocycles. The zero-order chi connectivity index (χ0) is 14.8. The maximum Gasteiger partial charge on any atom is 0.109 e. The third-order valence-corrected chi connectivity index (χ3v) is 5.20. The van der Waals surface area contributed by atoms with E-state index in [2.05, 4.69) is 54.9 Å². The highest BCUT2D eigenvalue weighted by Crippen LogP contribution is 2.38. The van der Waals surface area contributed by atoms with Crippen molar-refractivity contribution in [1.82, 2.24) is 19.8 Å². The van der Waals surface area contributed by atoms with Crippen molar-refractivity contribution in [3.63, 3.8) is 0 Å². The second-order valence-corrected chi connectivity index (χ2v) is 6.70. The number of likely N-dealkylation sites (N-methyl/N-ethyl adjacent to an activating group) is 2. The highest BCUT2D eigenvalue weighted by molar-refractivity contribution is 5.06. The van der Waals surface area contributed by atoms with Gasteiger partial charge in [-0.3, -0.25) is 0 Å². The molecule has 20 heavy (non-hydrogen) atoms. The van der Waals surface area contributed by atoms with Crippen molar-refractivity contribution in [2.24, 2.45) is 13.0 Å². The largest absolute Gasteiger partial charge is 0.338 e. The molecule has 114 valence electrons. The fourth-order valence-electron chi connectivity index (χ4n) is 3.93. The molecule has 1 fully saturated rings. The van der Waals surface area contributed by atoms with Gasteiger partial charge in [-0.25, -0.2) is 4.98 Å². The lowest BCUT2D eigenvalue weighted by Gasteiger charge is -2.50. The Morgan fingerprint density at radius 3 is 2.80 bits per heavy atom. The standard InChI is InChI=1S/C16H30N4/c1-13-7-6-8-16(12-13,19(3)4)14(17-2)11-15-18-9-10-20(15)5/h9-10,13-14,17H,6-8,11-12H2,1-5H3. The van der Waals surface area contributed by atoms with Crippen molar-refractivity contribution in [2.75, 3.05) is 21.1 Å². The fraction of sp³-hybridized carbons (Fsp3) is 0.812. The molecule has 0 radical (unpaired) electrons. The molecule has 1 N–H and O–H groups in total. The number of aryl methyl sites for hydroxylation is 1. The molecule has 0 bridgehead atoms. The molecule has 1 heterocycles. The summed E-state index contributed by atoms with van der Waals surface area (Å²) in [7, 11) is 8.65. The molecule has 0 spiro atoms. The van der Waals surface area contributed by atoms with Gasteiger partial charge in [0.2, 0.25) is 0 Å². The highest BCUT2D eigenvalue weighted by atomic mass is 15.2. The van der Waals surface area contributed by atoms with Gasteiger partial charge in [-0.1, -0.05) is 19.8 Å². The lowest BCUT2D eigenvalue weighted by molar-refractivity contribution is 0.0391. The van der Waals surface area contributed by atoms with E-state index in [1.165, 1.54) is 31.5 Å². The van der Waals surface area contributed by atoms with Crippen LogP contribution in [0.25, 0.3) is 0 Å². The number of nitrogens with one attached hydrogen (secondary N) is 1. The molecule has 4 heteroatoms. The van der Waals surface area contributed by atoms with Crippen LogP contribution in [0, 0.1) is 5.92 Å². The Bertz CT molecular complexity index is 426. The van der Waals surface area contributed by atoms with Gasteiger partial charge in [0.15, 0.2) is 0 Å². The first-order chi connectivity index (χ1) is 9.49. The van der Waals surface area contributed by atoms with E-state index >= 15 is 0 Å². The second-order valence-electron chi connectivity index (χ2n) is 6.70. The monoisotopic (exact) mass is 278 g/mol. The molecule has 0 aromatic carbocycles. The molecule has 3 unspecified atom stereocenters. The minimum atomic E-state index is 0.248. The third-order valence-electron chi connectivity index (χ3n) is 5.20. The molecule has 1 saturated carbocycles. The summed E-state index contributed by atoms with van der Waals surface area (Å²) in [6.45, 7) is 2.39. The fourth-order valence-corrected chi connectivity index (χ4v) is 3.93. The summed E-state index contributed by atoms with van der Waals surface area (Å²) in [5.74, 6) is 1.98. The number of nitrogens with zero attached hydrogens (tertiary/aromatic N) is 3. The maximum absolute atomic E-state index is 4.51. The average molecular weight is 278 g/mol. The Labute approximate surface area is 123 Å². The van der Waals surface area contributed by atoms with Crippen LogP contribution in [-0.4, -0.2) is 47.2 Å². The number of hydrogen-bond acceptors (Lipinski definition) is 3. The second kappa shape index (κ2) is 6.27. The smallest absolute Gasteiger partial charge is 0.109 e. The van der Waals surface area contributed by atoms with E-state index in [4.69, 9.17) is 0 Å². The van der Waals surface area contributed by atoms with Crippen LogP contribution in [-0.2, 0) is 13.5 Å². The van der Waals surface area contributed by atoms with Gasteiger partial charge in [0.1, 0.15) is 5.82 Å². The molecule has 0 amide bonds. The third kappa shape index (κ3) is 2.91. The maximum atomic E-state index is 4.51. The van der Waals surface area contributed by atoms with Crippen LogP contribution in [0.2, 0.25) is 0 Å². The molecule has 1 aromatic rings. The molecule has 1 aliphatic carbocycles. The highest BCUT2D eigenvalue weighted by Gasteiger charge is 2.43. The molecule has 0 aliphatic heterocycles. The quantitative estimate of drug-likeness (QED) is 0.895. The summed E-state index contributed by atoms with van der Waals surface area (Å²) in [6, 6.07) is 0.446. The first-order valence-electron chi connectivity index (χ1n) is 7.80. The zero-order valence-corrected chi connectivity index (χ0v) is 13.7. The van der Waals surface area contributed by atoms with Gasteiger partial charge in [0, 0.05) is 37.4 Å². The first kappa shape index (κ1) is 15.5. The average Bonchev–Trinajstić information content (AvgIpc) is 2.81. The van der Waals surface area contributed by atoms with E-state index in [1.54, 1.807) is 0 Å². The summed E-state index contributed by atoms with van der Waals surface area (Å²) in [5, 5.41) is 3.58. The topological polar surface area (TPSA) is 33.1 Å². The predicted octanol–water partition coefficient (Wildman–Crippen LogP) is 2.06. The molecular formula is C16H30N4.